The van der Waals surface area contributed by atoms with Gasteiger partial charge in [0.15, 0.2) is 0 Å². The summed E-state index contributed by atoms with van der Waals surface area (Å²) in [5.41, 5.74) is 6.07. The Kier molecular flexibility index (Phi) is 2.39. The molecule has 0 spiro atoms. The van der Waals surface area contributed by atoms with Crippen LogP contribution in [0.15, 0.2) is 78.9 Å². The summed E-state index contributed by atoms with van der Waals surface area (Å²) in [6.45, 7) is 0. The van der Waals surface area contributed by atoms with Gasteiger partial charge in [0.25, 0.3) is 5.91 Å². The molecule has 0 radical (unpaired) electrons. The van der Waals surface area contributed by atoms with Gasteiger partial charge in [-0.15, -0.1) is 0 Å². The molecule has 0 fully saturated rings. The van der Waals surface area contributed by atoms with Gasteiger partial charge in [0.2, 0.25) is 0 Å². The molecule has 2 heteroatoms. The zero-order chi connectivity index (χ0) is 15.4. The van der Waals surface area contributed by atoms with Gasteiger partial charge in [0, 0.05) is 22.1 Å². The number of carbonyl (C=O) groups is 1. The maximum atomic E-state index is 12.9. The van der Waals surface area contributed by atoms with E-state index >= 15 is 0 Å². The van der Waals surface area contributed by atoms with E-state index in [0.29, 0.717) is 0 Å². The Labute approximate surface area is 133 Å². The first-order valence-corrected chi connectivity index (χ1v) is 7.69. The summed E-state index contributed by atoms with van der Waals surface area (Å²) >= 11 is 0. The minimum absolute atomic E-state index is 0.0639. The maximum Gasteiger partial charge on any atom is 0.263 e. The molecular formula is C21H13NO. The Morgan fingerprint density at radius 3 is 2.13 bits per heavy atom. The molecule has 4 aromatic rings. The zero-order valence-corrected chi connectivity index (χ0v) is 12.4. The maximum absolute atomic E-state index is 12.9. The van der Waals surface area contributed by atoms with Crippen LogP contribution in [0.4, 0.5) is 0 Å². The minimum Gasteiger partial charge on any atom is -0.275 e. The predicted octanol–water partition coefficient (Wildman–Crippen LogP) is 4.98. The van der Waals surface area contributed by atoms with Crippen LogP contribution in [0.1, 0.15) is 10.4 Å². The molecule has 0 saturated carbocycles. The van der Waals surface area contributed by atoms with Crippen LogP contribution in [0.5, 0.6) is 0 Å². The van der Waals surface area contributed by atoms with Crippen molar-refractivity contribution in [1.82, 2.24) is 4.57 Å². The first-order chi connectivity index (χ1) is 11.4. The van der Waals surface area contributed by atoms with E-state index < -0.39 is 0 Å². The van der Waals surface area contributed by atoms with E-state index in [-0.39, 0.29) is 5.91 Å². The number of rotatable bonds is 1. The number of fused-ring (bicyclic) bond motifs is 5. The number of hydrogen-bond acceptors (Lipinski definition) is 1. The lowest BCUT2D eigenvalue weighted by molar-refractivity contribution is 0.0974. The number of carbonyl (C=O) groups excluding carboxylic acids is 1. The summed E-state index contributed by atoms with van der Waals surface area (Å²) in [5.74, 6) is 0.0639. The Morgan fingerprint density at radius 2 is 1.30 bits per heavy atom. The van der Waals surface area contributed by atoms with Crippen LogP contribution in [0.2, 0.25) is 0 Å². The van der Waals surface area contributed by atoms with Gasteiger partial charge in [-0.2, -0.15) is 0 Å². The Bertz CT molecular complexity index is 1070. The second-order valence-electron chi connectivity index (χ2n) is 5.79. The fourth-order valence-electron chi connectivity index (χ4n) is 3.60. The molecule has 3 aromatic carbocycles. The first kappa shape index (κ1) is 12.4. The lowest BCUT2D eigenvalue weighted by Gasteiger charge is -2.04. The van der Waals surface area contributed by atoms with Gasteiger partial charge in [0.1, 0.15) is 0 Å². The van der Waals surface area contributed by atoms with Crippen LogP contribution in [0, 0.1) is 0 Å². The van der Waals surface area contributed by atoms with Gasteiger partial charge in [0.05, 0.1) is 11.2 Å². The third-order valence-corrected chi connectivity index (χ3v) is 4.55. The van der Waals surface area contributed by atoms with Gasteiger partial charge in [-0.3, -0.25) is 9.36 Å². The number of aromatic nitrogens is 1. The molecule has 0 bridgehead atoms. The average molecular weight is 295 g/mol. The average Bonchev–Trinajstić information content (AvgIpc) is 3.10. The molecule has 0 amide bonds. The smallest absolute Gasteiger partial charge is 0.263 e. The summed E-state index contributed by atoms with van der Waals surface area (Å²) in [7, 11) is 0. The van der Waals surface area contributed by atoms with Crippen molar-refractivity contribution in [3.63, 3.8) is 0 Å². The van der Waals surface area contributed by atoms with Crippen molar-refractivity contribution in [3.05, 3.63) is 84.4 Å². The van der Waals surface area contributed by atoms with Crippen molar-refractivity contribution in [2.45, 2.75) is 0 Å². The Morgan fingerprint density at radius 1 is 0.652 bits per heavy atom. The molecule has 1 aliphatic rings. The zero-order valence-electron chi connectivity index (χ0n) is 12.4. The summed E-state index contributed by atoms with van der Waals surface area (Å²) in [5, 5.41) is 1.12. The number of para-hydroxylation sites is 1. The van der Waals surface area contributed by atoms with Gasteiger partial charge in [-0.05, 0) is 17.7 Å². The van der Waals surface area contributed by atoms with Gasteiger partial charge >= 0.3 is 0 Å². The molecule has 1 aliphatic heterocycles. The highest BCUT2D eigenvalue weighted by atomic mass is 16.2. The number of hydrogen-bond donors (Lipinski definition) is 0. The predicted molar refractivity (Wildman–Crippen MR) is 92.5 cm³/mol. The summed E-state index contributed by atoms with van der Waals surface area (Å²) in [6.07, 6.45) is 0. The quantitative estimate of drug-likeness (QED) is 0.427. The molecule has 2 nitrogen and oxygen atoms in total. The van der Waals surface area contributed by atoms with E-state index in [4.69, 9.17) is 0 Å². The highest BCUT2D eigenvalue weighted by Gasteiger charge is 2.32. The summed E-state index contributed by atoms with van der Waals surface area (Å²) in [4.78, 5) is 12.9. The topological polar surface area (TPSA) is 22.0 Å². The van der Waals surface area contributed by atoms with Crippen molar-refractivity contribution >= 4 is 16.8 Å². The van der Waals surface area contributed by atoms with E-state index in [0.717, 1.165) is 38.9 Å². The van der Waals surface area contributed by atoms with Gasteiger partial charge in [-0.1, -0.05) is 66.7 Å². The largest absolute Gasteiger partial charge is 0.275 e. The molecule has 23 heavy (non-hydrogen) atoms. The molecule has 108 valence electrons. The third kappa shape index (κ3) is 1.55. The second kappa shape index (κ2) is 4.43. The molecule has 5 rings (SSSR count). The highest BCUT2D eigenvalue weighted by molar-refractivity contribution is 6.20. The van der Waals surface area contributed by atoms with E-state index in [1.54, 1.807) is 0 Å². The molecular weight excluding hydrogens is 282 g/mol. The lowest BCUT2D eigenvalue weighted by atomic mass is 9.97. The summed E-state index contributed by atoms with van der Waals surface area (Å²) < 4.78 is 1.86. The molecule has 1 aromatic heterocycles. The van der Waals surface area contributed by atoms with E-state index in [9.17, 15) is 4.79 Å². The van der Waals surface area contributed by atoms with Crippen LogP contribution >= 0.6 is 0 Å². The van der Waals surface area contributed by atoms with Crippen molar-refractivity contribution in [3.8, 4) is 22.4 Å². The van der Waals surface area contributed by atoms with Gasteiger partial charge < -0.3 is 0 Å². The van der Waals surface area contributed by atoms with Crippen molar-refractivity contribution in [2.75, 3.05) is 0 Å². The normalized spacial score (nSPS) is 12.4. The second-order valence-corrected chi connectivity index (χ2v) is 5.79. The van der Waals surface area contributed by atoms with E-state index in [2.05, 4.69) is 18.2 Å². The van der Waals surface area contributed by atoms with Crippen LogP contribution in [-0.4, -0.2) is 10.5 Å². The SMILES string of the molecule is O=C1c2ccccc2-c2c(-c3ccccc3)c3ccccc3n21. The minimum atomic E-state index is 0.0639. The highest BCUT2D eigenvalue weighted by Crippen LogP contribution is 2.45. The monoisotopic (exact) mass is 295 g/mol. The van der Waals surface area contributed by atoms with Crippen LogP contribution in [0.3, 0.4) is 0 Å². The first-order valence-electron chi connectivity index (χ1n) is 7.69. The van der Waals surface area contributed by atoms with Crippen molar-refractivity contribution in [2.24, 2.45) is 0 Å². The van der Waals surface area contributed by atoms with Crippen LogP contribution < -0.4 is 0 Å². The molecule has 0 saturated heterocycles. The van der Waals surface area contributed by atoms with Gasteiger partial charge in [-0.25, -0.2) is 0 Å². The fourth-order valence-corrected chi connectivity index (χ4v) is 3.60. The molecule has 0 atom stereocenters. The number of nitrogens with zero attached hydrogens (tertiary/aromatic N) is 1. The number of benzene rings is 3. The van der Waals surface area contributed by atoms with Crippen LogP contribution in [-0.2, 0) is 0 Å². The van der Waals surface area contributed by atoms with Crippen LogP contribution in [0.25, 0.3) is 33.3 Å². The van der Waals surface area contributed by atoms with Crippen molar-refractivity contribution in [1.29, 1.82) is 0 Å². The Balaban J connectivity index is 2.00. The molecule has 0 N–H and O–H groups in total. The molecule has 2 heterocycles. The summed E-state index contributed by atoms with van der Waals surface area (Å²) in [6, 6.07) is 26.3. The molecule has 0 aliphatic carbocycles. The molecule has 0 unspecified atom stereocenters. The standard InChI is InChI=1S/C21H13NO/c23-21-16-11-5-4-10-15(16)20-19(14-8-2-1-3-9-14)17-12-6-7-13-18(17)22(20)21/h1-13H. The lowest BCUT2D eigenvalue weighted by Crippen LogP contribution is -2.05. The van der Waals surface area contributed by atoms with E-state index in [1.807, 2.05) is 65.2 Å². The Hall–Kier alpha value is -3.13. The fraction of sp³-hybridized carbons (Fsp3) is 0. The van der Waals surface area contributed by atoms with Crippen molar-refractivity contribution < 1.29 is 4.79 Å². The third-order valence-electron chi connectivity index (χ3n) is 4.55. The van der Waals surface area contributed by atoms with E-state index in [1.165, 1.54) is 0 Å².